The molecule has 1 aliphatic heterocycles. The summed E-state index contributed by atoms with van der Waals surface area (Å²) in [6.45, 7) is 5.68. The lowest BCUT2D eigenvalue weighted by molar-refractivity contribution is -0.142. The van der Waals surface area contributed by atoms with Gasteiger partial charge < -0.3 is 14.5 Å². The molecule has 1 aromatic heterocycles. The maximum absolute atomic E-state index is 13.7. The Labute approximate surface area is 208 Å². The lowest BCUT2D eigenvalue weighted by atomic mass is 9.93. The number of nitrogens with zero attached hydrogens (tertiary/aromatic N) is 2. The first-order chi connectivity index (χ1) is 16.5. The molecule has 1 saturated carbocycles. The Hall–Kier alpha value is -2.34. The summed E-state index contributed by atoms with van der Waals surface area (Å²) in [6, 6.07) is 10.0. The molecule has 2 amide bonds. The highest BCUT2D eigenvalue weighted by Gasteiger charge is 2.34. The summed E-state index contributed by atoms with van der Waals surface area (Å²) >= 11 is 1.76. The van der Waals surface area contributed by atoms with Gasteiger partial charge in [0.25, 0.3) is 0 Å². The molecular weight excluding hydrogens is 444 g/mol. The number of hydrogen-bond acceptors (Lipinski definition) is 4. The molecule has 4 rings (SSSR count). The Balaban J connectivity index is 1.51. The van der Waals surface area contributed by atoms with Gasteiger partial charge in [-0.1, -0.05) is 51.7 Å². The Kier molecular flexibility index (Phi) is 8.30. The van der Waals surface area contributed by atoms with E-state index in [0.717, 1.165) is 24.2 Å². The van der Waals surface area contributed by atoms with Crippen LogP contribution in [0.25, 0.3) is 0 Å². The highest BCUT2D eigenvalue weighted by Crippen LogP contribution is 2.38. The molecule has 0 N–H and O–H groups in total. The molecule has 1 aromatic carbocycles. The Morgan fingerprint density at radius 3 is 2.56 bits per heavy atom. The van der Waals surface area contributed by atoms with Crippen molar-refractivity contribution in [2.45, 2.75) is 64.8 Å². The number of hydrogen-bond donors (Lipinski definition) is 0. The van der Waals surface area contributed by atoms with Gasteiger partial charge in [0, 0.05) is 24.4 Å². The fourth-order valence-electron chi connectivity index (χ4n) is 5.46. The van der Waals surface area contributed by atoms with Crippen LogP contribution >= 0.6 is 11.3 Å². The van der Waals surface area contributed by atoms with E-state index in [1.807, 2.05) is 21.9 Å². The zero-order valence-electron chi connectivity index (χ0n) is 20.8. The molecule has 1 atom stereocenters. The van der Waals surface area contributed by atoms with Crippen molar-refractivity contribution in [2.75, 3.05) is 26.7 Å². The molecule has 0 radical (unpaired) electrons. The molecule has 2 aromatic rings. The molecule has 0 spiro atoms. The minimum atomic E-state index is -0.122. The zero-order chi connectivity index (χ0) is 24.1. The molecule has 6 heteroatoms. The van der Waals surface area contributed by atoms with Gasteiger partial charge in [-0.15, -0.1) is 11.3 Å². The largest absolute Gasteiger partial charge is 0.497 e. The number of carbonyl (C=O) groups excluding carboxylic acids is 2. The molecule has 2 aliphatic rings. The van der Waals surface area contributed by atoms with E-state index in [-0.39, 0.29) is 24.4 Å². The molecular formula is C28H38N2O3S. The highest BCUT2D eigenvalue weighted by molar-refractivity contribution is 7.10. The maximum atomic E-state index is 13.7. The van der Waals surface area contributed by atoms with E-state index in [1.165, 1.54) is 36.1 Å². The van der Waals surface area contributed by atoms with E-state index in [4.69, 9.17) is 4.74 Å². The molecule has 0 bridgehead atoms. The summed E-state index contributed by atoms with van der Waals surface area (Å²) in [5.41, 5.74) is 2.29. The predicted molar refractivity (Wildman–Crippen MR) is 137 cm³/mol. The van der Waals surface area contributed by atoms with Crippen LogP contribution in [0.3, 0.4) is 0 Å². The van der Waals surface area contributed by atoms with Crippen LogP contribution in [0.5, 0.6) is 5.75 Å². The third-order valence-electron chi connectivity index (χ3n) is 7.22. The monoisotopic (exact) mass is 482 g/mol. The van der Waals surface area contributed by atoms with Gasteiger partial charge in [0.15, 0.2) is 0 Å². The van der Waals surface area contributed by atoms with Crippen molar-refractivity contribution in [2.24, 2.45) is 11.8 Å². The van der Waals surface area contributed by atoms with Crippen molar-refractivity contribution >= 4 is 23.2 Å². The van der Waals surface area contributed by atoms with Crippen molar-refractivity contribution < 1.29 is 14.3 Å². The van der Waals surface area contributed by atoms with E-state index in [0.29, 0.717) is 31.3 Å². The number of rotatable bonds is 9. The Morgan fingerprint density at radius 1 is 1.15 bits per heavy atom. The van der Waals surface area contributed by atoms with Gasteiger partial charge in [0.05, 0.1) is 19.7 Å². The third-order valence-corrected chi connectivity index (χ3v) is 8.22. The smallest absolute Gasteiger partial charge is 0.242 e. The first-order valence-corrected chi connectivity index (χ1v) is 13.6. The number of amides is 2. The second-order valence-corrected chi connectivity index (χ2v) is 11.2. The molecule has 5 nitrogen and oxygen atoms in total. The third kappa shape index (κ3) is 5.83. The summed E-state index contributed by atoms with van der Waals surface area (Å²) in [5, 5.41) is 2.12. The van der Waals surface area contributed by atoms with Gasteiger partial charge in [-0.2, -0.15) is 0 Å². The maximum Gasteiger partial charge on any atom is 0.242 e. The average Bonchev–Trinajstić information content (AvgIpc) is 3.53. The number of thiophene rings is 1. The topological polar surface area (TPSA) is 49.9 Å². The van der Waals surface area contributed by atoms with E-state index in [2.05, 4.69) is 37.4 Å². The fourth-order valence-corrected chi connectivity index (χ4v) is 6.37. The molecule has 184 valence electrons. The van der Waals surface area contributed by atoms with Crippen molar-refractivity contribution in [1.29, 1.82) is 0 Å². The van der Waals surface area contributed by atoms with Crippen molar-refractivity contribution in [3.63, 3.8) is 0 Å². The van der Waals surface area contributed by atoms with Crippen LogP contribution in [0, 0.1) is 11.8 Å². The van der Waals surface area contributed by atoms with Crippen molar-refractivity contribution in [3.05, 3.63) is 51.7 Å². The quantitative estimate of drug-likeness (QED) is 0.462. The Bertz CT molecular complexity index is 962. The number of carbonyl (C=O) groups is 2. The predicted octanol–water partition coefficient (Wildman–Crippen LogP) is 5.69. The highest BCUT2D eigenvalue weighted by atomic mass is 32.1. The van der Waals surface area contributed by atoms with Gasteiger partial charge in [-0.25, -0.2) is 0 Å². The van der Waals surface area contributed by atoms with Gasteiger partial charge in [-0.3, -0.25) is 9.59 Å². The molecule has 1 fully saturated rings. The van der Waals surface area contributed by atoms with Crippen LogP contribution in [0.1, 0.15) is 74.4 Å². The van der Waals surface area contributed by atoms with Crippen LogP contribution in [-0.4, -0.2) is 48.4 Å². The second kappa shape index (κ2) is 11.4. The molecule has 1 aliphatic carbocycles. The number of ether oxygens (including phenoxy) is 1. The lowest BCUT2D eigenvalue weighted by Gasteiger charge is -2.38. The summed E-state index contributed by atoms with van der Waals surface area (Å²) in [7, 11) is 1.66. The standard InChI is InChI=1S/C28H38N2O3S/c1-20(2)18-29(26(31)13-8-21-6-4-5-7-21)19-27(32)30-16-14-25-24(15-17-34-25)28(30)22-9-11-23(33-3)12-10-22/h9-12,15,17,20-21,28H,4-8,13-14,16,18-19H2,1-3H3. The normalized spacial score (nSPS) is 18.2. The average molecular weight is 483 g/mol. The summed E-state index contributed by atoms with van der Waals surface area (Å²) < 4.78 is 5.34. The van der Waals surface area contributed by atoms with E-state index >= 15 is 0 Å². The van der Waals surface area contributed by atoms with Crippen LogP contribution in [-0.2, 0) is 16.0 Å². The number of fused-ring (bicyclic) bond motifs is 1. The molecule has 1 unspecified atom stereocenters. The van der Waals surface area contributed by atoms with Crippen LogP contribution in [0.15, 0.2) is 35.7 Å². The second-order valence-electron chi connectivity index (χ2n) is 10.2. The van der Waals surface area contributed by atoms with Crippen molar-refractivity contribution in [1.82, 2.24) is 9.80 Å². The van der Waals surface area contributed by atoms with Gasteiger partial charge in [0.2, 0.25) is 11.8 Å². The van der Waals surface area contributed by atoms with Gasteiger partial charge >= 0.3 is 0 Å². The SMILES string of the molecule is COc1ccc(C2c3ccsc3CCN2C(=O)CN(CC(C)C)C(=O)CCC2CCCC2)cc1. The summed E-state index contributed by atoms with van der Waals surface area (Å²) in [4.78, 5) is 32.0. The van der Waals surface area contributed by atoms with Gasteiger partial charge in [-0.05, 0) is 59.4 Å². The minimum Gasteiger partial charge on any atom is -0.497 e. The van der Waals surface area contributed by atoms with E-state index in [1.54, 1.807) is 18.4 Å². The van der Waals surface area contributed by atoms with Gasteiger partial charge in [0.1, 0.15) is 5.75 Å². The first-order valence-electron chi connectivity index (χ1n) is 12.7. The van der Waals surface area contributed by atoms with E-state index < -0.39 is 0 Å². The molecule has 0 saturated heterocycles. The molecule has 2 heterocycles. The lowest BCUT2D eigenvalue weighted by Crippen LogP contribution is -2.47. The van der Waals surface area contributed by atoms with Crippen LogP contribution in [0.4, 0.5) is 0 Å². The molecule has 34 heavy (non-hydrogen) atoms. The zero-order valence-corrected chi connectivity index (χ0v) is 21.6. The van der Waals surface area contributed by atoms with Crippen LogP contribution < -0.4 is 4.74 Å². The van der Waals surface area contributed by atoms with Crippen molar-refractivity contribution in [3.8, 4) is 5.75 Å². The fraction of sp³-hybridized carbons (Fsp3) is 0.571. The Morgan fingerprint density at radius 2 is 1.88 bits per heavy atom. The first kappa shape index (κ1) is 24.8. The number of benzene rings is 1. The van der Waals surface area contributed by atoms with Crippen LogP contribution in [0.2, 0.25) is 0 Å². The van der Waals surface area contributed by atoms with E-state index in [9.17, 15) is 9.59 Å². The summed E-state index contributed by atoms with van der Waals surface area (Å²) in [6.07, 6.45) is 7.45. The summed E-state index contributed by atoms with van der Waals surface area (Å²) in [5.74, 6) is 1.97. The minimum absolute atomic E-state index is 0.0348. The number of methoxy groups -OCH3 is 1.